The minimum atomic E-state index is -1.11. The van der Waals surface area contributed by atoms with E-state index in [1.54, 1.807) is 43.3 Å². The normalized spacial score (nSPS) is 18.2. The standard InChI is InChI=1S/C27H27ClFN3O2/c1-27(33,21-7-3-19(16-30)4-8-21)18-31-13-14-32(25-12-11-23(34-2)15-24(25)29)26(17-31)20-5-9-22(28)10-6-20/h3-12,15,26,33H,13-14,17-18H2,1-2H3/t26-,27+/m0/s1. The third-order valence-electron chi connectivity index (χ3n) is 6.35. The largest absolute Gasteiger partial charge is 0.497 e. The molecule has 0 amide bonds. The monoisotopic (exact) mass is 479 g/mol. The fourth-order valence-corrected chi connectivity index (χ4v) is 4.65. The molecule has 0 unspecified atom stereocenters. The minimum absolute atomic E-state index is 0.134. The summed E-state index contributed by atoms with van der Waals surface area (Å²) in [5.41, 5.74) is 1.73. The number of methoxy groups -OCH3 is 1. The molecule has 1 aliphatic rings. The lowest BCUT2D eigenvalue weighted by molar-refractivity contribution is 0.0102. The first-order chi connectivity index (χ1) is 16.3. The number of aliphatic hydroxyl groups is 1. The quantitative estimate of drug-likeness (QED) is 0.531. The number of halogens is 2. The van der Waals surface area contributed by atoms with Crippen molar-refractivity contribution < 1.29 is 14.2 Å². The summed E-state index contributed by atoms with van der Waals surface area (Å²) in [6.45, 7) is 4.02. The topological polar surface area (TPSA) is 59.7 Å². The number of β-amino-alcohol motifs (C(OH)–C–C–N with tert-alkyl or cyclic N) is 1. The summed E-state index contributed by atoms with van der Waals surface area (Å²) in [6, 6.07) is 21.5. The highest BCUT2D eigenvalue weighted by Gasteiger charge is 2.34. The summed E-state index contributed by atoms with van der Waals surface area (Å²) in [5, 5.41) is 20.9. The first kappa shape index (κ1) is 24.0. The summed E-state index contributed by atoms with van der Waals surface area (Å²) in [4.78, 5) is 4.25. The van der Waals surface area contributed by atoms with Gasteiger partial charge >= 0.3 is 0 Å². The van der Waals surface area contributed by atoms with Crippen LogP contribution in [0, 0.1) is 17.1 Å². The molecule has 7 heteroatoms. The van der Waals surface area contributed by atoms with Crippen molar-refractivity contribution in [3.05, 3.63) is 94.3 Å². The zero-order chi connectivity index (χ0) is 24.3. The Kier molecular flexibility index (Phi) is 7.08. The van der Waals surface area contributed by atoms with Gasteiger partial charge in [-0.15, -0.1) is 0 Å². The van der Waals surface area contributed by atoms with E-state index < -0.39 is 5.60 Å². The molecule has 0 saturated carbocycles. The number of hydrogen-bond acceptors (Lipinski definition) is 5. The summed E-state index contributed by atoms with van der Waals surface area (Å²) in [6.07, 6.45) is 0. The zero-order valence-corrected chi connectivity index (χ0v) is 20.0. The molecule has 2 atom stereocenters. The lowest BCUT2D eigenvalue weighted by Crippen LogP contribution is -2.52. The summed E-state index contributed by atoms with van der Waals surface area (Å²) >= 11 is 6.12. The average molecular weight is 480 g/mol. The Morgan fingerprint density at radius 2 is 1.82 bits per heavy atom. The van der Waals surface area contributed by atoms with Crippen LogP contribution < -0.4 is 9.64 Å². The summed E-state index contributed by atoms with van der Waals surface area (Å²) in [5.74, 6) is 0.137. The molecule has 5 nitrogen and oxygen atoms in total. The van der Waals surface area contributed by atoms with Crippen LogP contribution in [0.25, 0.3) is 0 Å². The second-order valence-electron chi connectivity index (χ2n) is 8.78. The molecule has 1 N–H and O–H groups in total. The van der Waals surface area contributed by atoms with E-state index in [4.69, 9.17) is 21.6 Å². The molecule has 176 valence electrons. The molecule has 1 fully saturated rings. The van der Waals surface area contributed by atoms with Gasteiger partial charge in [-0.3, -0.25) is 4.90 Å². The number of piperazine rings is 1. The molecule has 1 heterocycles. The number of nitrogens with zero attached hydrogens (tertiary/aromatic N) is 3. The number of anilines is 1. The molecule has 34 heavy (non-hydrogen) atoms. The van der Waals surface area contributed by atoms with E-state index in [0.29, 0.717) is 48.2 Å². The van der Waals surface area contributed by atoms with Crippen molar-refractivity contribution in [2.75, 3.05) is 38.2 Å². The van der Waals surface area contributed by atoms with E-state index in [1.165, 1.54) is 13.2 Å². The van der Waals surface area contributed by atoms with E-state index in [-0.39, 0.29) is 11.9 Å². The molecule has 3 aromatic rings. The van der Waals surface area contributed by atoms with Crippen LogP contribution in [0.4, 0.5) is 10.1 Å². The molecule has 0 radical (unpaired) electrons. The second-order valence-corrected chi connectivity index (χ2v) is 9.21. The zero-order valence-electron chi connectivity index (χ0n) is 19.2. The van der Waals surface area contributed by atoms with Crippen LogP contribution >= 0.6 is 11.6 Å². The minimum Gasteiger partial charge on any atom is -0.497 e. The van der Waals surface area contributed by atoms with Gasteiger partial charge in [0.05, 0.1) is 36.1 Å². The predicted octanol–water partition coefficient (Wildman–Crippen LogP) is 5.13. The van der Waals surface area contributed by atoms with Crippen LogP contribution in [0.3, 0.4) is 0 Å². The molecule has 1 aliphatic heterocycles. The Morgan fingerprint density at radius 3 is 2.44 bits per heavy atom. The number of nitriles is 1. The number of benzene rings is 3. The molecule has 4 rings (SSSR count). The van der Waals surface area contributed by atoms with Crippen molar-refractivity contribution in [1.29, 1.82) is 5.26 Å². The Bertz CT molecular complexity index is 1180. The third-order valence-corrected chi connectivity index (χ3v) is 6.60. The molecular weight excluding hydrogens is 453 g/mol. The van der Waals surface area contributed by atoms with Crippen LogP contribution in [0.5, 0.6) is 5.75 Å². The molecule has 1 saturated heterocycles. The van der Waals surface area contributed by atoms with Gasteiger partial charge in [0, 0.05) is 37.3 Å². The molecule has 0 aromatic heterocycles. The second kappa shape index (κ2) is 10.0. The molecule has 0 bridgehead atoms. The van der Waals surface area contributed by atoms with E-state index in [9.17, 15) is 5.11 Å². The molecular formula is C27H27ClFN3O2. The highest BCUT2D eigenvalue weighted by atomic mass is 35.5. The van der Waals surface area contributed by atoms with Crippen molar-refractivity contribution >= 4 is 17.3 Å². The number of ether oxygens (including phenoxy) is 1. The van der Waals surface area contributed by atoms with Gasteiger partial charge in [0.15, 0.2) is 0 Å². The van der Waals surface area contributed by atoms with Crippen LogP contribution in [0.15, 0.2) is 66.7 Å². The van der Waals surface area contributed by atoms with E-state index >= 15 is 4.39 Å². The average Bonchev–Trinajstić information content (AvgIpc) is 2.84. The maximum absolute atomic E-state index is 15.0. The van der Waals surface area contributed by atoms with Crippen molar-refractivity contribution in [3.63, 3.8) is 0 Å². The fourth-order valence-electron chi connectivity index (χ4n) is 4.52. The van der Waals surface area contributed by atoms with E-state index in [1.807, 2.05) is 24.3 Å². The number of hydrogen-bond donors (Lipinski definition) is 1. The fraction of sp³-hybridized carbons (Fsp3) is 0.296. The number of rotatable bonds is 6. The maximum Gasteiger partial charge on any atom is 0.150 e. The van der Waals surface area contributed by atoms with Crippen LogP contribution in [-0.2, 0) is 5.60 Å². The first-order valence-electron chi connectivity index (χ1n) is 11.1. The van der Waals surface area contributed by atoms with Gasteiger partial charge in [0.2, 0.25) is 0 Å². The Morgan fingerprint density at radius 1 is 1.12 bits per heavy atom. The molecule has 0 aliphatic carbocycles. The van der Waals surface area contributed by atoms with Gasteiger partial charge in [-0.05, 0) is 54.4 Å². The Hall–Kier alpha value is -3.11. The SMILES string of the molecule is COc1ccc(N2CCN(C[C@@](C)(O)c3ccc(C#N)cc3)C[C@H]2c2ccc(Cl)cc2)c(F)c1. The third kappa shape index (κ3) is 5.18. The van der Waals surface area contributed by atoms with Crippen LogP contribution in [-0.4, -0.2) is 43.3 Å². The van der Waals surface area contributed by atoms with Gasteiger partial charge in [-0.2, -0.15) is 5.26 Å². The smallest absolute Gasteiger partial charge is 0.150 e. The molecule has 3 aromatic carbocycles. The first-order valence-corrected chi connectivity index (χ1v) is 11.5. The lowest BCUT2D eigenvalue weighted by atomic mass is 9.93. The highest BCUT2D eigenvalue weighted by molar-refractivity contribution is 6.30. The summed E-state index contributed by atoms with van der Waals surface area (Å²) < 4.78 is 20.2. The lowest BCUT2D eigenvalue weighted by Gasteiger charge is -2.45. The van der Waals surface area contributed by atoms with E-state index in [0.717, 1.165) is 11.1 Å². The highest BCUT2D eigenvalue weighted by Crippen LogP contribution is 2.35. The van der Waals surface area contributed by atoms with Crippen LogP contribution in [0.1, 0.15) is 29.7 Å². The van der Waals surface area contributed by atoms with Crippen LogP contribution in [0.2, 0.25) is 5.02 Å². The van der Waals surface area contributed by atoms with E-state index in [2.05, 4.69) is 15.9 Å². The van der Waals surface area contributed by atoms with Gasteiger partial charge in [-0.1, -0.05) is 35.9 Å². The Labute approximate surface area is 204 Å². The van der Waals surface area contributed by atoms with Gasteiger partial charge in [-0.25, -0.2) is 4.39 Å². The maximum atomic E-state index is 15.0. The molecule has 0 spiro atoms. The summed E-state index contributed by atoms with van der Waals surface area (Å²) in [7, 11) is 1.52. The van der Waals surface area contributed by atoms with Gasteiger partial charge < -0.3 is 14.7 Å². The van der Waals surface area contributed by atoms with Crippen molar-refractivity contribution in [3.8, 4) is 11.8 Å². The van der Waals surface area contributed by atoms with Gasteiger partial charge in [0.25, 0.3) is 0 Å². The van der Waals surface area contributed by atoms with Crippen molar-refractivity contribution in [1.82, 2.24) is 4.90 Å². The predicted molar refractivity (Wildman–Crippen MR) is 132 cm³/mol. The van der Waals surface area contributed by atoms with Crippen molar-refractivity contribution in [2.24, 2.45) is 0 Å². The van der Waals surface area contributed by atoms with Crippen molar-refractivity contribution in [2.45, 2.75) is 18.6 Å². The Balaban J connectivity index is 1.60. The van der Waals surface area contributed by atoms with Gasteiger partial charge in [0.1, 0.15) is 11.6 Å².